The topological polar surface area (TPSA) is 35.9 Å². The van der Waals surface area contributed by atoms with Crippen LogP contribution in [0.4, 0.5) is 0 Å². The van der Waals surface area contributed by atoms with Gasteiger partial charge in [-0.25, -0.2) is 0 Å². The molecule has 0 bridgehead atoms. The summed E-state index contributed by atoms with van der Waals surface area (Å²) in [6, 6.07) is 0. The van der Waals surface area contributed by atoms with E-state index in [9.17, 15) is 0 Å². The molecule has 2 heteroatoms. The zero-order valence-corrected chi connectivity index (χ0v) is 7.27. The maximum Gasteiger partial charge on any atom is 0.0192 e. The maximum absolute atomic E-state index is 6.70. The predicted molar refractivity (Wildman–Crippen MR) is 50.1 cm³/mol. The largest absolute Gasteiger partial charge is 0.391 e. The third kappa shape index (κ3) is 9.21. The average molecular weight is 154 g/mol. The highest BCUT2D eigenvalue weighted by Gasteiger charge is 1.83. The van der Waals surface area contributed by atoms with Crippen molar-refractivity contribution in [1.29, 1.82) is 5.41 Å². The van der Waals surface area contributed by atoms with Crippen LogP contribution in [0, 0.1) is 5.41 Å². The molecule has 0 aliphatic rings. The minimum atomic E-state index is 1.03. The number of allylic oxidation sites excluding steroid dienone is 1. The highest BCUT2D eigenvalue weighted by atomic mass is 14.8. The minimum Gasteiger partial charge on any atom is -0.391 e. The summed E-state index contributed by atoms with van der Waals surface area (Å²) in [6.07, 6.45) is 9.95. The molecule has 2 N–H and O–H groups in total. The molecule has 0 aromatic carbocycles. The van der Waals surface area contributed by atoms with Gasteiger partial charge in [0.15, 0.2) is 0 Å². The van der Waals surface area contributed by atoms with Crippen molar-refractivity contribution in [3.8, 4) is 0 Å². The van der Waals surface area contributed by atoms with Crippen molar-refractivity contribution in [2.24, 2.45) is 0 Å². The van der Waals surface area contributed by atoms with Gasteiger partial charge < -0.3 is 10.7 Å². The van der Waals surface area contributed by atoms with E-state index in [0.29, 0.717) is 0 Å². The number of nitrogens with one attached hydrogen (secondary N) is 2. The SMILES string of the molecule is CCCCCCN/C=C\C=N. The van der Waals surface area contributed by atoms with Crippen molar-refractivity contribution in [3.63, 3.8) is 0 Å². The Kier molecular flexibility index (Phi) is 8.55. The molecule has 2 nitrogen and oxygen atoms in total. The molecule has 0 heterocycles. The molecule has 0 fully saturated rings. The Labute approximate surface area is 69.2 Å². The van der Waals surface area contributed by atoms with Gasteiger partial charge in [-0.1, -0.05) is 26.2 Å². The van der Waals surface area contributed by atoms with Crippen LogP contribution in [-0.4, -0.2) is 12.8 Å². The molecule has 0 amide bonds. The fourth-order valence-corrected chi connectivity index (χ4v) is 0.853. The molecule has 0 radical (unpaired) electrons. The summed E-state index contributed by atoms with van der Waals surface area (Å²) in [4.78, 5) is 0. The van der Waals surface area contributed by atoms with Crippen LogP contribution in [0.2, 0.25) is 0 Å². The van der Waals surface area contributed by atoms with Crippen molar-refractivity contribution in [3.05, 3.63) is 12.3 Å². The fourth-order valence-electron chi connectivity index (χ4n) is 0.853. The van der Waals surface area contributed by atoms with Crippen molar-refractivity contribution in [2.45, 2.75) is 32.6 Å². The molecule has 11 heavy (non-hydrogen) atoms. The summed E-state index contributed by atoms with van der Waals surface area (Å²) in [5.74, 6) is 0. The van der Waals surface area contributed by atoms with Crippen molar-refractivity contribution in [2.75, 3.05) is 6.54 Å². The first-order chi connectivity index (χ1) is 5.41. The Hall–Kier alpha value is -0.790. The summed E-state index contributed by atoms with van der Waals surface area (Å²) in [7, 11) is 0. The lowest BCUT2D eigenvalue weighted by molar-refractivity contribution is 0.646. The first kappa shape index (κ1) is 10.2. The Morgan fingerprint density at radius 2 is 2.09 bits per heavy atom. The smallest absolute Gasteiger partial charge is 0.0192 e. The lowest BCUT2D eigenvalue weighted by atomic mass is 10.2. The van der Waals surface area contributed by atoms with E-state index in [1.807, 2.05) is 6.20 Å². The lowest BCUT2D eigenvalue weighted by Crippen LogP contribution is -2.06. The van der Waals surface area contributed by atoms with Crippen LogP contribution in [0.3, 0.4) is 0 Å². The average Bonchev–Trinajstić information content (AvgIpc) is 2.03. The number of hydrogen-bond donors (Lipinski definition) is 2. The van der Waals surface area contributed by atoms with Crippen molar-refractivity contribution < 1.29 is 0 Å². The predicted octanol–water partition coefficient (Wildman–Crippen LogP) is 2.32. The van der Waals surface area contributed by atoms with Gasteiger partial charge in [-0.2, -0.15) is 0 Å². The Morgan fingerprint density at radius 1 is 1.27 bits per heavy atom. The summed E-state index contributed by atoms with van der Waals surface area (Å²) in [5.41, 5.74) is 0. The van der Waals surface area contributed by atoms with Gasteiger partial charge in [0.1, 0.15) is 0 Å². The molecule has 0 aliphatic carbocycles. The molecule has 0 saturated heterocycles. The van der Waals surface area contributed by atoms with E-state index in [4.69, 9.17) is 5.41 Å². The Balaban J connectivity index is 2.90. The second kappa shape index (κ2) is 9.21. The van der Waals surface area contributed by atoms with Crippen LogP contribution >= 0.6 is 0 Å². The van der Waals surface area contributed by atoms with Crippen LogP contribution in [0.15, 0.2) is 12.3 Å². The zero-order chi connectivity index (χ0) is 8.36. The molecule has 0 aromatic heterocycles. The van der Waals surface area contributed by atoms with E-state index < -0.39 is 0 Å². The standard InChI is InChI=1S/C9H18N2/c1-2-3-4-5-8-11-9-6-7-10/h6-7,9-11H,2-5,8H2,1H3/b9-6-,10-7?. The van der Waals surface area contributed by atoms with Gasteiger partial charge in [0.2, 0.25) is 0 Å². The fraction of sp³-hybridized carbons (Fsp3) is 0.667. The summed E-state index contributed by atoms with van der Waals surface area (Å²) in [5, 5.41) is 9.81. The molecule has 0 atom stereocenters. The van der Waals surface area contributed by atoms with Crippen LogP contribution in [-0.2, 0) is 0 Å². The molecule has 0 rings (SSSR count). The maximum atomic E-state index is 6.70. The van der Waals surface area contributed by atoms with Gasteiger partial charge in [-0.15, -0.1) is 0 Å². The molecular formula is C9H18N2. The van der Waals surface area contributed by atoms with E-state index in [1.165, 1.54) is 31.9 Å². The van der Waals surface area contributed by atoms with E-state index in [0.717, 1.165) is 6.54 Å². The van der Waals surface area contributed by atoms with Crippen molar-refractivity contribution >= 4 is 6.21 Å². The first-order valence-electron chi connectivity index (χ1n) is 4.30. The Morgan fingerprint density at radius 3 is 2.73 bits per heavy atom. The van der Waals surface area contributed by atoms with E-state index in [-0.39, 0.29) is 0 Å². The molecule has 0 aliphatic heterocycles. The minimum absolute atomic E-state index is 1.03. The monoisotopic (exact) mass is 154 g/mol. The van der Waals surface area contributed by atoms with E-state index in [1.54, 1.807) is 6.08 Å². The zero-order valence-electron chi connectivity index (χ0n) is 7.27. The quantitative estimate of drug-likeness (QED) is 0.428. The van der Waals surface area contributed by atoms with Gasteiger partial charge >= 0.3 is 0 Å². The third-order valence-electron chi connectivity index (χ3n) is 1.48. The van der Waals surface area contributed by atoms with Crippen molar-refractivity contribution in [1.82, 2.24) is 5.32 Å². The number of unbranched alkanes of at least 4 members (excludes halogenated alkanes) is 3. The molecule has 0 saturated carbocycles. The first-order valence-corrected chi connectivity index (χ1v) is 4.30. The molecule has 0 spiro atoms. The van der Waals surface area contributed by atoms with Crippen LogP contribution in [0.5, 0.6) is 0 Å². The van der Waals surface area contributed by atoms with Crippen LogP contribution < -0.4 is 5.32 Å². The van der Waals surface area contributed by atoms with E-state index >= 15 is 0 Å². The molecule has 0 unspecified atom stereocenters. The Bertz CT molecular complexity index is 108. The third-order valence-corrected chi connectivity index (χ3v) is 1.48. The van der Waals surface area contributed by atoms with Crippen LogP contribution in [0.1, 0.15) is 32.6 Å². The van der Waals surface area contributed by atoms with Gasteiger partial charge in [0.25, 0.3) is 0 Å². The summed E-state index contributed by atoms with van der Waals surface area (Å²) >= 11 is 0. The van der Waals surface area contributed by atoms with Crippen LogP contribution in [0.25, 0.3) is 0 Å². The van der Waals surface area contributed by atoms with Gasteiger partial charge in [-0.3, -0.25) is 0 Å². The number of hydrogen-bond acceptors (Lipinski definition) is 2. The van der Waals surface area contributed by atoms with E-state index in [2.05, 4.69) is 12.2 Å². The second-order valence-corrected chi connectivity index (χ2v) is 2.54. The molecule has 0 aromatic rings. The summed E-state index contributed by atoms with van der Waals surface area (Å²) in [6.45, 7) is 3.24. The molecule has 64 valence electrons. The normalized spacial score (nSPS) is 10.3. The highest BCUT2D eigenvalue weighted by molar-refractivity contribution is 5.67. The van der Waals surface area contributed by atoms with Gasteiger partial charge in [0, 0.05) is 12.8 Å². The number of rotatable bonds is 7. The lowest BCUT2D eigenvalue weighted by Gasteiger charge is -1.98. The van der Waals surface area contributed by atoms with Gasteiger partial charge in [-0.05, 0) is 18.7 Å². The highest BCUT2D eigenvalue weighted by Crippen LogP contribution is 1.96. The van der Waals surface area contributed by atoms with Gasteiger partial charge in [0.05, 0.1) is 0 Å². The summed E-state index contributed by atoms with van der Waals surface area (Å²) < 4.78 is 0. The second-order valence-electron chi connectivity index (χ2n) is 2.54. The molecular weight excluding hydrogens is 136 g/mol.